The second-order valence-corrected chi connectivity index (χ2v) is 6.06. The molecule has 3 aromatic rings. The van der Waals surface area contributed by atoms with Crippen LogP contribution in [0, 0.1) is 0 Å². The summed E-state index contributed by atoms with van der Waals surface area (Å²) in [7, 11) is 1.62. The highest BCUT2D eigenvalue weighted by atomic mass is 35.5. The van der Waals surface area contributed by atoms with Gasteiger partial charge in [0.25, 0.3) is 0 Å². The lowest BCUT2D eigenvalue weighted by Gasteiger charge is -2.08. The number of H-pyrrole nitrogens is 1. The van der Waals surface area contributed by atoms with Crippen LogP contribution in [0.5, 0.6) is 11.5 Å². The fourth-order valence-corrected chi connectivity index (χ4v) is 2.54. The Kier molecular flexibility index (Phi) is 8.45. The first-order valence-corrected chi connectivity index (χ1v) is 8.96. The van der Waals surface area contributed by atoms with Crippen LogP contribution >= 0.6 is 12.4 Å². The molecule has 0 bridgehead atoms. The molecule has 29 heavy (non-hydrogen) atoms. The Morgan fingerprint density at radius 2 is 1.79 bits per heavy atom. The summed E-state index contributed by atoms with van der Waals surface area (Å²) in [4.78, 5) is 16.4. The normalized spacial score (nSPS) is 10.1. The van der Waals surface area contributed by atoms with Crippen LogP contribution in [0.3, 0.4) is 0 Å². The van der Waals surface area contributed by atoms with Gasteiger partial charge in [0.05, 0.1) is 20.3 Å². The number of methoxy groups -OCH3 is 1. The molecule has 9 heteroatoms. The third-order valence-electron chi connectivity index (χ3n) is 4.03. The van der Waals surface area contributed by atoms with E-state index in [1.807, 2.05) is 48.5 Å². The molecule has 1 amide bonds. The zero-order valence-corrected chi connectivity index (χ0v) is 16.9. The van der Waals surface area contributed by atoms with Crippen molar-refractivity contribution in [3.05, 3.63) is 54.4 Å². The standard InChI is InChI=1S/C20H23N5O3.ClH/c1-27-16-8-10-17(11-9-16)28-12-2-3-19(26)22-15-6-4-14(5-7-15)20-23-18(13-21)24-25-20;/h4-11H,2-3,12-13,21H2,1H3,(H,22,26)(H,23,24,25);1H. The van der Waals surface area contributed by atoms with E-state index in [9.17, 15) is 4.79 Å². The molecule has 1 heterocycles. The average Bonchev–Trinajstić information content (AvgIpc) is 3.21. The minimum absolute atomic E-state index is 0. The largest absolute Gasteiger partial charge is 0.497 e. The summed E-state index contributed by atoms with van der Waals surface area (Å²) in [6.45, 7) is 0.774. The minimum Gasteiger partial charge on any atom is -0.497 e. The van der Waals surface area contributed by atoms with Crippen molar-refractivity contribution in [2.45, 2.75) is 19.4 Å². The van der Waals surface area contributed by atoms with Crippen LogP contribution in [0.2, 0.25) is 0 Å². The van der Waals surface area contributed by atoms with Gasteiger partial charge in [0.1, 0.15) is 17.3 Å². The highest BCUT2D eigenvalue weighted by Gasteiger charge is 2.07. The first-order valence-electron chi connectivity index (χ1n) is 8.96. The number of nitrogens with zero attached hydrogens (tertiary/aromatic N) is 2. The van der Waals surface area contributed by atoms with Crippen molar-refractivity contribution in [1.82, 2.24) is 15.2 Å². The summed E-state index contributed by atoms with van der Waals surface area (Å²) < 4.78 is 10.7. The molecule has 0 aliphatic heterocycles. The molecule has 0 spiro atoms. The second kappa shape index (κ2) is 11.0. The van der Waals surface area contributed by atoms with Crippen molar-refractivity contribution >= 4 is 24.0 Å². The van der Waals surface area contributed by atoms with E-state index in [1.54, 1.807) is 7.11 Å². The molecule has 2 aromatic carbocycles. The van der Waals surface area contributed by atoms with Gasteiger partial charge >= 0.3 is 0 Å². The summed E-state index contributed by atoms with van der Waals surface area (Å²) in [6.07, 6.45) is 0.994. The molecule has 1 aromatic heterocycles. The van der Waals surface area contributed by atoms with E-state index in [-0.39, 0.29) is 18.3 Å². The van der Waals surface area contributed by atoms with Crippen LogP contribution in [0.4, 0.5) is 5.69 Å². The number of amides is 1. The van der Waals surface area contributed by atoms with Gasteiger partial charge in [-0.25, -0.2) is 4.98 Å². The van der Waals surface area contributed by atoms with E-state index < -0.39 is 0 Å². The van der Waals surface area contributed by atoms with Gasteiger partial charge in [0.15, 0.2) is 5.82 Å². The molecular formula is C20H24ClN5O3. The van der Waals surface area contributed by atoms with Crippen molar-refractivity contribution in [3.8, 4) is 22.9 Å². The van der Waals surface area contributed by atoms with E-state index in [4.69, 9.17) is 15.2 Å². The number of aromatic amines is 1. The summed E-state index contributed by atoms with van der Waals surface area (Å²) in [6, 6.07) is 14.7. The molecule has 4 N–H and O–H groups in total. The summed E-state index contributed by atoms with van der Waals surface area (Å²) in [5.74, 6) is 2.68. The maximum Gasteiger partial charge on any atom is 0.224 e. The lowest BCUT2D eigenvalue weighted by Crippen LogP contribution is -2.12. The van der Waals surface area contributed by atoms with Gasteiger partial charge in [-0.15, -0.1) is 12.4 Å². The second-order valence-electron chi connectivity index (χ2n) is 6.06. The number of nitrogens with two attached hydrogens (primary N) is 1. The molecule has 0 fully saturated rings. The zero-order valence-electron chi connectivity index (χ0n) is 16.1. The Bertz CT molecular complexity index is 897. The number of rotatable bonds is 9. The predicted molar refractivity (Wildman–Crippen MR) is 113 cm³/mol. The number of aromatic nitrogens is 3. The Morgan fingerprint density at radius 3 is 2.41 bits per heavy atom. The van der Waals surface area contributed by atoms with Crippen molar-refractivity contribution in [2.24, 2.45) is 5.73 Å². The number of anilines is 1. The molecule has 0 radical (unpaired) electrons. The maximum absolute atomic E-state index is 12.1. The number of ether oxygens (including phenoxy) is 2. The molecule has 3 rings (SSSR count). The van der Waals surface area contributed by atoms with Crippen LogP contribution in [0.15, 0.2) is 48.5 Å². The number of hydrogen-bond donors (Lipinski definition) is 3. The topological polar surface area (TPSA) is 115 Å². The number of halogens is 1. The average molecular weight is 418 g/mol. The van der Waals surface area contributed by atoms with Gasteiger partial charge in [0, 0.05) is 17.7 Å². The highest BCUT2D eigenvalue weighted by molar-refractivity contribution is 5.90. The molecule has 0 atom stereocenters. The molecule has 0 saturated heterocycles. The first-order chi connectivity index (χ1) is 13.7. The molecule has 8 nitrogen and oxygen atoms in total. The van der Waals surface area contributed by atoms with Crippen molar-refractivity contribution in [1.29, 1.82) is 0 Å². The lowest BCUT2D eigenvalue weighted by atomic mass is 10.2. The Hall–Kier alpha value is -3.10. The van der Waals surface area contributed by atoms with E-state index in [0.29, 0.717) is 37.6 Å². The van der Waals surface area contributed by atoms with Gasteiger partial charge in [0.2, 0.25) is 5.91 Å². The van der Waals surface area contributed by atoms with Gasteiger partial charge < -0.3 is 20.5 Å². The van der Waals surface area contributed by atoms with Crippen molar-refractivity contribution in [3.63, 3.8) is 0 Å². The Balaban J connectivity index is 0.00000300. The minimum atomic E-state index is -0.0607. The predicted octanol–water partition coefficient (Wildman–Crippen LogP) is 3.16. The number of nitrogens with one attached hydrogen (secondary N) is 2. The maximum atomic E-state index is 12.1. The summed E-state index contributed by atoms with van der Waals surface area (Å²) in [5, 5.41) is 9.75. The van der Waals surface area contributed by atoms with Crippen molar-refractivity contribution < 1.29 is 14.3 Å². The lowest BCUT2D eigenvalue weighted by molar-refractivity contribution is -0.116. The fraction of sp³-hybridized carbons (Fsp3) is 0.250. The monoisotopic (exact) mass is 417 g/mol. The summed E-state index contributed by atoms with van der Waals surface area (Å²) >= 11 is 0. The van der Waals surface area contributed by atoms with Crippen LogP contribution in [-0.4, -0.2) is 34.8 Å². The molecule has 0 unspecified atom stereocenters. The fourth-order valence-electron chi connectivity index (χ4n) is 2.54. The number of hydrogen-bond acceptors (Lipinski definition) is 6. The van der Waals surface area contributed by atoms with E-state index in [2.05, 4.69) is 20.5 Å². The summed E-state index contributed by atoms with van der Waals surface area (Å²) in [5.41, 5.74) is 7.09. The first kappa shape index (κ1) is 22.2. The SMILES string of the molecule is COc1ccc(OCCCC(=O)Nc2ccc(-c3n[nH]c(CN)n3)cc2)cc1.Cl. The number of carbonyl (C=O) groups is 1. The number of benzene rings is 2. The molecular weight excluding hydrogens is 394 g/mol. The van der Waals surface area contributed by atoms with Gasteiger partial charge in [-0.3, -0.25) is 9.89 Å². The Labute approximate surface area is 175 Å². The van der Waals surface area contributed by atoms with E-state index in [1.165, 1.54) is 0 Å². The van der Waals surface area contributed by atoms with Crippen LogP contribution in [0.25, 0.3) is 11.4 Å². The van der Waals surface area contributed by atoms with Crippen LogP contribution < -0.4 is 20.5 Å². The smallest absolute Gasteiger partial charge is 0.224 e. The third kappa shape index (κ3) is 6.48. The molecule has 154 valence electrons. The highest BCUT2D eigenvalue weighted by Crippen LogP contribution is 2.19. The third-order valence-corrected chi connectivity index (χ3v) is 4.03. The van der Waals surface area contributed by atoms with E-state index >= 15 is 0 Å². The Morgan fingerprint density at radius 1 is 1.10 bits per heavy atom. The van der Waals surface area contributed by atoms with Gasteiger partial charge in [-0.05, 0) is 55.0 Å². The molecule has 0 aliphatic rings. The van der Waals surface area contributed by atoms with Crippen molar-refractivity contribution in [2.75, 3.05) is 19.0 Å². The molecule has 0 aliphatic carbocycles. The van der Waals surface area contributed by atoms with Crippen LogP contribution in [0.1, 0.15) is 18.7 Å². The van der Waals surface area contributed by atoms with Gasteiger partial charge in [-0.2, -0.15) is 5.10 Å². The quantitative estimate of drug-likeness (QED) is 0.460. The number of carbonyl (C=O) groups excluding carboxylic acids is 1. The van der Waals surface area contributed by atoms with Crippen LogP contribution in [-0.2, 0) is 11.3 Å². The van der Waals surface area contributed by atoms with E-state index in [0.717, 1.165) is 22.7 Å². The zero-order chi connectivity index (χ0) is 19.8. The van der Waals surface area contributed by atoms with Gasteiger partial charge in [-0.1, -0.05) is 0 Å². The molecule has 0 saturated carbocycles.